The highest BCUT2D eigenvalue weighted by Crippen LogP contribution is 2.22. The van der Waals surface area contributed by atoms with Crippen LogP contribution in [0.15, 0.2) is 76.4 Å². The van der Waals surface area contributed by atoms with Crippen LogP contribution < -0.4 is 21.5 Å². The molecule has 4 rings (SSSR count). The van der Waals surface area contributed by atoms with E-state index in [0.717, 1.165) is 22.2 Å². The van der Waals surface area contributed by atoms with Crippen LogP contribution in [-0.2, 0) is 22.7 Å². The number of aromatic nitrogens is 2. The van der Waals surface area contributed by atoms with Gasteiger partial charge in [-0.2, -0.15) is 0 Å². The minimum Gasteiger partial charge on any atom is -0.325 e. The van der Waals surface area contributed by atoms with Crippen molar-refractivity contribution in [1.29, 1.82) is 0 Å². The molecule has 0 saturated carbocycles. The lowest BCUT2D eigenvalue weighted by Crippen LogP contribution is -2.41. The van der Waals surface area contributed by atoms with Crippen molar-refractivity contribution in [2.45, 2.75) is 25.9 Å². The topological polar surface area (TPSA) is 93.4 Å². The number of hydrogen-bond acceptors (Lipinski definition) is 4. The summed E-state index contributed by atoms with van der Waals surface area (Å²) in [5.74, 6) is -0.395. The molecule has 1 saturated heterocycles. The zero-order valence-electron chi connectivity index (χ0n) is 16.9. The molecular weight excluding hydrogens is 396 g/mol. The lowest BCUT2D eigenvalue weighted by molar-refractivity contribution is -0.117. The van der Waals surface area contributed by atoms with E-state index in [2.05, 4.69) is 5.32 Å². The number of nitrogens with one attached hydrogen (secondary N) is 1. The van der Waals surface area contributed by atoms with Gasteiger partial charge in [-0.15, -0.1) is 0 Å². The number of hydrogen-bond donors (Lipinski definition) is 1. The Morgan fingerprint density at radius 1 is 0.935 bits per heavy atom. The van der Waals surface area contributed by atoms with E-state index in [1.54, 1.807) is 29.2 Å². The molecule has 2 amide bonds. The second kappa shape index (κ2) is 8.83. The van der Waals surface area contributed by atoms with Crippen molar-refractivity contribution >= 4 is 23.2 Å². The van der Waals surface area contributed by atoms with Crippen LogP contribution in [0.25, 0.3) is 0 Å². The molecular formula is C23H22N4O4. The third-order valence-electron chi connectivity index (χ3n) is 5.17. The molecule has 1 aliphatic rings. The summed E-state index contributed by atoms with van der Waals surface area (Å²) >= 11 is 0. The fourth-order valence-corrected chi connectivity index (χ4v) is 3.59. The van der Waals surface area contributed by atoms with Gasteiger partial charge in [0.15, 0.2) is 0 Å². The van der Waals surface area contributed by atoms with E-state index in [1.807, 2.05) is 30.3 Å². The molecule has 31 heavy (non-hydrogen) atoms. The Morgan fingerprint density at radius 2 is 1.68 bits per heavy atom. The average molecular weight is 418 g/mol. The summed E-state index contributed by atoms with van der Waals surface area (Å²) in [6, 6.07) is 17.6. The Morgan fingerprint density at radius 3 is 2.35 bits per heavy atom. The first-order valence-corrected chi connectivity index (χ1v) is 10.1. The number of carbonyl (C=O) groups excluding carboxylic acids is 2. The highest BCUT2D eigenvalue weighted by atomic mass is 16.2. The van der Waals surface area contributed by atoms with E-state index in [-0.39, 0.29) is 12.5 Å². The molecule has 0 radical (unpaired) electrons. The number of anilines is 2. The lowest BCUT2D eigenvalue weighted by atomic mass is 10.2. The molecule has 158 valence electrons. The Bertz CT molecular complexity index is 1210. The molecule has 0 aliphatic carbocycles. The van der Waals surface area contributed by atoms with E-state index in [1.165, 1.54) is 16.8 Å². The molecule has 3 aromatic rings. The SMILES string of the molecule is O=C(Cn1c(=O)ccn(Cc2ccccc2)c1=O)Nc1ccc(N2CCCC2=O)cc1. The minimum absolute atomic E-state index is 0.0898. The lowest BCUT2D eigenvalue weighted by Gasteiger charge is -2.16. The Labute approximate surface area is 178 Å². The Balaban J connectivity index is 1.46. The van der Waals surface area contributed by atoms with Gasteiger partial charge in [-0.3, -0.25) is 23.5 Å². The normalized spacial score (nSPS) is 13.4. The van der Waals surface area contributed by atoms with E-state index in [4.69, 9.17) is 0 Å². The van der Waals surface area contributed by atoms with Crippen LogP contribution in [0.1, 0.15) is 18.4 Å². The molecule has 1 fully saturated rings. The summed E-state index contributed by atoms with van der Waals surface area (Å²) in [4.78, 5) is 50.9. The van der Waals surface area contributed by atoms with Crippen LogP contribution in [0.5, 0.6) is 0 Å². The first-order valence-electron chi connectivity index (χ1n) is 10.1. The van der Waals surface area contributed by atoms with Gasteiger partial charge < -0.3 is 10.2 Å². The predicted molar refractivity (Wildman–Crippen MR) is 117 cm³/mol. The van der Waals surface area contributed by atoms with Crippen LogP contribution in [0.3, 0.4) is 0 Å². The molecule has 1 aliphatic heterocycles. The van der Waals surface area contributed by atoms with E-state index >= 15 is 0 Å². The molecule has 2 aromatic carbocycles. The summed E-state index contributed by atoms with van der Waals surface area (Å²) in [5.41, 5.74) is 1.13. The van der Waals surface area contributed by atoms with Gasteiger partial charge in [0.25, 0.3) is 5.56 Å². The van der Waals surface area contributed by atoms with Crippen LogP contribution in [-0.4, -0.2) is 27.5 Å². The van der Waals surface area contributed by atoms with Gasteiger partial charge in [-0.05, 0) is 36.2 Å². The van der Waals surface area contributed by atoms with Crippen molar-refractivity contribution in [2.24, 2.45) is 0 Å². The Hall–Kier alpha value is -3.94. The maximum Gasteiger partial charge on any atom is 0.331 e. The number of amides is 2. The molecule has 1 aromatic heterocycles. The molecule has 2 heterocycles. The third kappa shape index (κ3) is 4.63. The summed E-state index contributed by atoms with van der Waals surface area (Å²) in [5, 5.41) is 2.69. The van der Waals surface area contributed by atoms with E-state index in [0.29, 0.717) is 25.2 Å². The van der Waals surface area contributed by atoms with Gasteiger partial charge in [-0.25, -0.2) is 4.79 Å². The quantitative estimate of drug-likeness (QED) is 0.661. The van der Waals surface area contributed by atoms with E-state index in [9.17, 15) is 19.2 Å². The van der Waals surface area contributed by atoms with Crippen molar-refractivity contribution in [2.75, 3.05) is 16.8 Å². The second-order valence-corrected chi connectivity index (χ2v) is 7.38. The zero-order chi connectivity index (χ0) is 21.8. The molecule has 1 N–H and O–H groups in total. The molecule has 8 heteroatoms. The first kappa shape index (κ1) is 20.3. The average Bonchev–Trinajstić information content (AvgIpc) is 3.20. The molecule has 0 unspecified atom stereocenters. The number of rotatable bonds is 6. The minimum atomic E-state index is -0.547. The first-order chi connectivity index (χ1) is 15.0. The van der Waals surface area contributed by atoms with Crippen molar-refractivity contribution in [3.8, 4) is 0 Å². The zero-order valence-corrected chi connectivity index (χ0v) is 16.9. The molecule has 8 nitrogen and oxygen atoms in total. The number of benzene rings is 2. The third-order valence-corrected chi connectivity index (χ3v) is 5.17. The smallest absolute Gasteiger partial charge is 0.325 e. The van der Waals surface area contributed by atoms with E-state index < -0.39 is 17.2 Å². The van der Waals surface area contributed by atoms with Crippen molar-refractivity contribution in [3.05, 3.63) is 93.3 Å². The van der Waals surface area contributed by atoms with Crippen LogP contribution in [0, 0.1) is 0 Å². The van der Waals surface area contributed by atoms with Gasteiger partial charge in [0.2, 0.25) is 11.8 Å². The van der Waals surface area contributed by atoms with Crippen LogP contribution >= 0.6 is 0 Å². The Kier molecular flexibility index (Phi) is 5.79. The van der Waals surface area contributed by atoms with Gasteiger partial charge in [0.1, 0.15) is 6.54 Å². The number of carbonyl (C=O) groups is 2. The van der Waals surface area contributed by atoms with Crippen molar-refractivity contribution < 1.29 is 9.59 Å². The molecule has 0 bridgehead atoms. The largest absolute Gasteiger partial charge is 0.331 e. The maximum absolute atomic E-state index is 12.7. The molecule has 0 atom stereocenters. The highest BCUT2D eigenvalue weighted by Gasteiger charge is 2.21. The second-order valence-electron chi connectivity index (χ2n) is 7.38. The molecule has 0 spiro atoms. The summed E-state index contributed by atoms with van der Waals surface area (Å²) in [7, 11) is 0. The fraction of sp³-hybridized carbons (Fsp3) is 0.217. The summed E-state index contributed by atoms with van der Waals surface area (Å²) in [6.45, 7) is 0.606. The van der Waals surface area contributed by atoms with Gasteiger partial charge in [0.05, 0.1) is 6.54 Å². The monoisotopic (exact) mass is 418 g/mol. The highest BCUT2D eigenvalue weighted by molar-refractivity contribution is 5.96. The van der Waals surface area contributed by atoms with Crippen LogP contribution in [0.4, 0.5) is 11.4 Å². The standard InChI is InChI=1S/C23H22N4O4/c28-20(24-18-8-10-19(11-9-18)26-13-4-7-21(26)29)16-27-22(30)12-14-25(23(27)31)15-17-5-2-1-3-6-17/h1-3,5-6,8-12,14H,4,7,13,15-16H2,(H,24,28). The summed E-state index contributed by atoms with van der Waals surface area (Å²) < 4.78 is 2.31. The van der Waals surface area contributed by atoms with Crippen molar-refractivity contribution in [3.63, 3.8) is 0 Å². The predicted octanol–water partition coefficient (Wildman–Crippen LogP) is 1.82. The van der Waals surface area contributed by atoms with Gasteiger partial charge in [-0.1, -0.05) is 30.3 Å². The maximum atomic E-state index is 12.7. The van der Waals surface area contributed by atoms with Gasteiger partial charge >= 0.3 is 5.69 Å². The number of nitrogens with zero attached hydrogens (tertiary/aromatic N) is 3. The fourth-order valence-electron chi connectivity index (χ4n) is 3.59. The van der Waals surface area contributed by atoms with Crippen LogP contribution in [0.2, 0.25) is 0 Å². The van der Waals surface area contributed by atoms with Gasteiger partial charge in [0, 0.05) is 36.6 Å². The summed E-state index contributed by atoms with van der Waals surface area (Å²) in [6.07, 6.45) is 2.82. The van der Waals surface area contributed by atoms with Crippen molar-refractivity contribution in [1.82, 2.24) is 9.13 Å².